The van der Waals surface area contributed by atoms with Crippen LogP contribution < -0.4 is 0 Å². The zero-order valence-electron chi connectivity index (χ0n) is 18.9. The number of fused-ring (bicyclic) bond motifs is 1. The van der Waals surface area contributed by atoms with Crippen LogP contribution in [-0.2, 0) is 31.4 Å². The number of benzene rings is 1. The maximum atomic E-state index is 13.6. The molecule has 0 unspecified atom stereocenters. The fraction of sp³-hybridized carbons (Fsp3) is 0.435. The summed E-state index contributed by atoms with van der Waals surface area (Å²) >= 11 is 0. The van der Waals surface area contributed by atoms with Crippen molar-refractivity contribution in [2.45, 2.75) is 43.8 Å². The highest BCUT2D eigenvalue weighted by Gasteiger charge is 2.59. The Labute approximate surface area is 196 Å². The van der Waals surface area contributed by atoms with Crippen LogP contribution in [0.15, 0.2) is 65.9 Å². The molecule has 2 fully saturated rings. The van der Waals surface area contributed by atoms with E-state index in [1.165, 1.54) is 4.31 Å². The maximum absolute atomic E-state index is 13.6. The van der Waals surface area contributed by atoms with Crippen molar-refractivity contribution in [3.8, 4) is 0 Å². The molecule has 8 nitrogen and oxygen atoms in total. The zero-order chi connectivity index (χ0) is 24.0. The van der Waals surface area contributed by atoms with Crippen molar-refractivity contribution in [1.82, 2.24) is 13.5 Å². The minimum absolute atomic E-state index is 0.142. The van der Waals surface area contributed by atoms with Crippen molar-refractivity contribution >= 4 is 26.0 Å². The van der Waals surface area contributed by atoms with Gasteiger partial charge in [-0.05, 0) is 42.2 Å². The number of rotatable bonds is 6. The first-order valence-corrected chi connectivity index (χ1v) is 14.2. The molecule has 2 saturated heterocycles. The average Bonchev–Trinajstić information content (AvgIpc) is 3.14. The third-order valence-corrected chi connectivity index (χ3v) is 9.48. The van der Waals surface area contributed by atoms with Crippen LogP contribution >= 0.6 is 0 Å². The van der Waals surface area contributed by atoms with Crippen molar-refractivity contribution in [3.63, 3.8) is 0 Å². The fourth-order valence-corrected chi connectivity index (χ4v) is 7.85. The van der Waals surface area contributed by atoms with E-state index in [1.807, 2.05) is 55.5 Å². The van der Waals surface area contributed by atoms with E-state index in [4.69, 9.17) is 0 Å². The molecule has 0 saturated carbocycles. The second kappa shape index (κ2) is 8.73. The maximum Gasteiger partial charge on any atom is 0.243 e. The van der Waals surface area contributed by atoms with Gasteiger partial charge in [-0.25, -0.2) is 21.1 Å². The predicted molar refractivity (Wildman–Crippen MR) is 126 cm³/mol. The molecule has 0 aliphatic carbocycles. The highest BCUT2D eigenvalue weighted by molar-refractivity contribution is 7.89. The van der Waals surface area contributed by atoms with Crippen molar-refractivity contribution in [2.24, 2.45) is 11.8 Å². The molecule has 33 heavy (non-hydrogen) atoms. The molecule has 3 aliphatic rings. The number of amides is 1. The molecule has 1 aromatic carbocycles. The SMILES string of the molecule is CC(C)[C@H]1C(=O)N(S(C)(=O)=O)[C@H]2CCN(S(=O)(=O)c3ccc(CN4C=CC=CC=C4)cc3)[C@H]12. The average molecular weight is 492 g/mol. The van der Waals surface area contributed by atoms with Gasteiger partial charge in [-0.3, -0.25) is 4.79 Å². The van der Waals surface area contributed by atoms with Crippen LogP contribution in [0.4, 0.5) is 0 Å². The number of hydrogen-bond donors (Lipinski definition) is 0. The minimum Gasteiger partial charge on any atom is -0.350 e. The van der Waals surface area contributed by atoms with Gasteiger partial charge in [0, 0.05) is 25.5 Å². The van der Waals surface area contributed by atoms with Crippen LogP contribution in [0.2, 0.25) is 0 Å². The van der Waals surface area contributed by atoms with E-state index in [2.05, 4.69) is 0 Å². The van der Waals surface area contributed by atoms with E-state index in [9.17, 15) is 21.6 Å². The number of hydrogen-bond acceptors (Lipinski definition) is 6. The number of carbonyl (C=O) groups is 1. The molecule has 4 rings (SSSR count). The molecule has 1 amide bonds. The zero-order valence-corrected chi connectivity index (χ0v) is 20.5. The predicted octanol–water partition coefficient (Wildman–Crippen LogP) is 2.29. The summed E-state index contributed by atoms with van der Waals surface area (Å²) in [5.41, 5.74) is 0.948. The van der Waals surface area contributed by atoms with E-state index in [-0.39, 0.29) is 17.4 Å². The highest BCUT2D eigenvalue weighted by atomic mass is 32.2. The summed E-state index contributed by atoms with van der Waals surface area (Å²) in [5, 5.41) is 0. The lowest BCUT2D eigenvalue weighted by molar-refractivity contribution is -0.129. The van der Waals surface area contributed by atoms with Gasteiger partial charge >= 0.3 is 0 Å². The Bertz CT molecular complexity index is 1200. The number of sulfonamides is 2. The van der Waals surface area contributed by atoms with E-state index in [0.717, 1.165) is 16.1 Å². The van der Waals surface area contributed by atoms with Crippen LogP contribution in [0.5, 0.6) is 0 Å². The lowest BCUT2D eigenvalue weighted by Crippen LogP contribution is -2.44. The largest absolute Gasteiger partial charge is 0.350 e. The van der Waals surface area contributed by atoms with Gasteiger partial charge in [0.1, 0.15) is 0 Å². The lowest BCUT2D eigenvalue weighted by atomic mass is 9.89. The van der Waals surface area contributed by atoms with E-state index >= 15 is 0 Å². The summed E-state index contributed by atoms with van der Waals surface area (Å²) in [4.78, 5) is 15.1. The summed E-state index contributed by atoms with van der Waals surface area (Å²) in [5.74, 6) is -1.40. The second-order valence-corrected chi connectivity index (χ2v) is 12.8. The topological polar surface area (TPSA) is 95.1 Å². The second-order valence-electron chi connectivity index (χ2n) is 9.01. The van der Waals surface area contributed by atoms with Crippen LogP contribution in [0.1, 0.15) is 25.8 Å². The smallest absolute Gasteiger partial charge is 0.243 e. The molecule has 3 heterocycles. The molecule has 0 bridgehead atoms. The lowest BCUT2D eigenvalue weighted by Gasteiger charge is -2.28. The Hall–Kier alpha value is -2.43. The van der Waals surface area contributed by atoms with E-state index in [0.29, 0.717) is 13.0 Å². The van der Waals surface area contributed by atoms with Gasteiger partial charge in [-0.1, -0.05) is 38.1 Å². The minimum atomic E-state index is -3.90. The number of carbonyl (C=O) groups excluding carboxylic acids is 1. The number of allylic oxidation sites excluding steroid dienone is 4. The third-order valence-electron chi connectivity index (χ3n) is 6.40. The Morgan fingerprint density at radius 2 is 1.58 bits per heavy atom. The Morgan fingerprint density at radius 1 is 0.970 bits per heavy atom. The summed E-state index contributed by atoms with van der Waals surface area (Å²) in [7, 11) is -7.69. The van der Waals surface area contributed by atoms with Gasteiger partial charge in [0.15, 0.2) is 0 Å². The van der Waals surface area contributed by atoms with Crippen LogP contribution in [0.25, 0.3) is 0 Å². The number of nitrogens with zero attached hydrogens (tertiary/aromatic N) is 3. The molecule has 1 aromatic rings. The van der Waals surface area contributed by atoms with Gasteiger partial charge in [0.05, 0.1) is 29.2 Å². The molecular formula is C23H29N3O5S2. The summed E-state index contributed by atoms with van der Waals surface area (Å²) in [6.45, 7) is 4.42. The molecule has 0 aromatic heterocycles. The first kappa shape index (κ1) is 23.7. The molecule has 0 radical (unpaired) electrons. The molecular weight excluding hydrogens is 462 g/mol. The summed E-state index contributed by atoms with van der Waals surface area (Å²) in [6, 6.07) is 5.36. The van der Waals surface area contributed by atoms with Crippen molar-refractivity contribution in [3.05, 3.63) is 66.5 Å². The van der Waals surface area contributed by atoms with Gasteiger partial charge in [0.25, 0.3) is 0 Å². The van der Waals surface area contributed by atoms with Gasteiger partial charge in [-0.2, -0.15) is 4.31 Å². The molecule has 0 spiro atoms. The summed E-state index contributed by atoms with van der Waals surface area (Å²) < 4.78 is 54.0. The normalized spacial score (nSPS) is 25.8. The van der Waals surface area contributed by atoms with Gasteiger partial charge < -0.3 is 4.90 Å². The molecule has 178 valence electrons. The van der Waals surface area contributed by atoms with E-state index < -0.39 is 44.0 Å². The van der Waals surface area contributed by atoms with Crippen LogP contribution in [-0.4, -0.2) is 61.1 Å². The molecule has 3 aliphatic heterocycles. The quantitative estimate of drug-likeness (QED) is 0.606. The summed E-state index contributed by atoms with van der Waals surface area (Å²) in [6.07, 6.45) is 12.9. The molecule has 10 heteroatoms. The first-order chi connectivity index (χ1) is 15.5. The van der Waals surface area contributed by atoms with Crippen LogP contribution in [0.3, 0.4) is 0 Å². The van der Waals surface area contributed by atoms with Crippen molar-refractivity contribution < 1.29 is 21.6 Å². The Balaban J connectivity index is 1.60. The van der Waals surface area contributed by atoms with Gasteiger partial charge in [-0.15, -0.1) is 0 Å². The first-order valence-electron chi connectivity index (χ1n) is 10.9. The third kappa shape index (κ3) is 4.39. The highest BCUT2D eigenvalue weighted by Crippen LogP contribution is 2.43. The molecule has 0 N–H and O–H groups in total. The molecule has 3 atom stereocenters. The van der Waals surface area contributed by atoms with Crippen molar-refractivity contribution in [2.75, 3.05) is 12.8 Å². The Morgan fingerprint density at radius 3 is 2.12 bits per heavy atom. The van der Waals surface area contributed by atoms with Crippen molar-refractivity contribution in [1.29, 1.82) is 0 Å². The fourth-order valence-electron chi connectivity index (χ4n) is 4.99. The van der Waals surface area contributed by atoms with Gasteiger partial charge in [0.2, 0.25) is 26.0 Å². The van der Waals surface area contributed by atoms with Crippen LogP contribution in [0, 0.1) is 11.8 Å². The monoisotopic (exact) mass is 491 g/mol. The van der Waals surface area contributed by atoms with E-state index in [1.54, 1.807) is 24.3 Å². The standard InChI is InChI=1S/C23H29N3O5S2/c1-17(2)21-22-20(26(23(21)27)32(3,28)29)12-15-25(22)33(30,31)19-10-8-18(9-11-19)16-24-13-6-4-5-7-14-24/h4-11,13-14,17,20-22H,12,15-16H2,1-3H3/t20-,21+,22-/m0/s1. The Kier molecular flexibility index (Phi) is 6.28.